The van der Waals surface area contributed by atoms with Gasteiger partial charge in [-0.3, -0.25) is 0 Å². The monoisotopic (exact) mass is 247 g/mol. The lowest BCUT2D eigenvalue weighted by Gasteiger charge is -2.38. The Balaban J connectivity index is 1.71. The van der Waals surface area contributed by atoms with Crippen molar-refractivity contribution in [2.45, 2.75) is 51.2 Å². The van der Waals surface area contributed by atoms with Crippen molar-refractivity contribution >= 4 is 0 Å². The molecule has 1 aliphatic rings. The first kappa shape index (κ1) is 13.6. The topological polar surface area (TPSA) is 21.3 Å². The van der Waals surface area contributed by atoms with E-state index in [1.165, 1.54) is 18.4 Å². The summed E-state index contributed by atoms with van der Waals surface area (Å²) in [6.45, 7) is 8.07. The van der Waals surface area contributed by atoms with Gasteiger partial charge in [0.05, 0.1) is 5.60 Å². The van der Waals surface area contributed by atoms with Gasteiger partial charge >= 0.3 is 0 Å². The Morgan fingerprint density at radius 2 is 1.89 bits per heavy atom. The van der Waals surface area contributed by atoms with Gasteiger partial charge in [-0.2, -0.15) is 0 Å². The van der Waals surface area contributed by atoms with Gasteiger partial charge in [-0.15, -0.1) is 0 Å². The van der Waals surface area contributed by atoms with Crippen LogP contribution in [-0.2, 0) is 4.74 Å². The molecule has 2 rings (SSSR count). The van der Waals surface area contributed by atoms with Gasteiger partial charge < -0.3 is 10.1 Å². The highest BCUT2D eigenvalue weighted by atomic mass is 16.5. The summed E-state index contributed by atoms with van der Waals surface area (Å²) in [4.78, 5) is 0. The molecule has 100 valence electrons. The van der Waals surface area contributed by atoms with E-state index in [9.17, 15) is 0 Å². The second-order valence-electron chi connectivity index (χ2n) is 5.85. The van der Waals surface area contributed by atoms with Gasteiger partial charge in [0.2, 0.25) is 0 Å². The van der Waals surface area contributed by atoms with Crippen LogP contribution in [0.15, 0.2) is 30.3 Å². The summed E-state index contributed by atoms with van der Waals surface area (Å²) in [6.07, 6.45) is 2.51. The molecule has 0 heterocycles. The van der Waals surface area contributed by atoms with E-state index in [-0.39, 0.29) is 5.60 Å². The van der Waals surface area contributed by atoms with Gasteiger partial charge in [-0.05, 0) is 45.1 Å². The number of rotatable bonds is 6. The molecule has 0 spiro atoms. The van der Waals surface area contributed by atoms with E-state index in [1.54, 1.807) is 0 Å². The van der Waals surface area contributed by atoms with Crippen molar-refractivity contribution in [1.82, 2.24) is 5.32 Å². The molecule has 1 aliphatic carbocycles. The molecule has 0 radical (unpaired) electrons. The molecule has 2 nitrogen and oxygen atoms in total. The lowest BCUT2D eigenvalue weighted by atomic mass is 9.76. The van der Waals surface area contributed by atoms with E-state index in [2.05, 4.69) is 56.4 Å². The summed E-state index contributed by atoms with van der Waals surface area (Å²) >= 11 is 0. The van der Waals surface area contributed by atoms with Gasteiger partial charge in [0.15, 0.2) is 0 Å². The standard InChI is InChI=1S/C16H25NO/c1-4-18-16(2,3)12-17-15-10-14(11-15)13-8-6-5-7-9-13/h5-9,14-15,17H,4,10-12H2,1-3H3. The van der Waals surface area contributed by atoms with Crippen molar-refractivity contribution in [2.24, 2.45) is 0 Å². The summed E-state index contributed by atoms with van der Waals surface area (Å²) in [5.74, 6) is 0.749. The predicted octanol–water partition coefficient (Wildman–Crippen LogP) is 3.34. The zero-order valence-corrected chi connectivity index (χ0v) is 11.8. The van der Waals surface area contributed by atoms with E-state index in [1.807, 2.05) is 0 Å². The molecule has 0 bridgehead atoms. The summed E-state index contributed by atoms with van der Waals surface area (Å²) in [7, 11) is 0. The third-order valence-corrected chi connectivity index (χ3v) is 3.76. The number of hydrogen-bond acceptors (Lipinski definition) is 2. The third kappa shape index (κ3) is 3.56. The molecule has 0 unspecified atom stereocenters. The number of hydrogen-bond donors (Lipinski definition) is 1. The van der Waals surface area contributed by atoms with Crippen LogP contribution in [0.3, 0.4) is 0 Å². The summed E-state index contributed by atoms with van der Waals surface area (Å²) in [5.41, 5.74) is 1.44. The van der Waals surface area contributed by atoms with Crippen LogP contribution in [0, 0.1) is 0 Å². The number of benzene rings is 1. The molecule has 1 aromatic rings. The Morgan fingerprint density at radius 3 is 2.50 bits per heavy atom. The zero-order chi connectivity index (χ0) is 13.0. The van der Waals surface area contributed by atoms with E-state index < -0.39 is 0 Å². The Morgan fingerprint density at radius 1 is 1.22 bits per heavy atom. The fourth-order valence-corrected chi connectivity index (χ4v) is 2.61. The Bertz CT molecular complexity index is 355. The molecular formula is C16H25NO. The van der Waals surface area contributed by atoms with Gasteiger partial charge in [0.1, 0.15) is 0 Å². The molecule has 0 saturated heterocycles. The highest BCUT2D eigenvalue weighted by molar-refractivity contribution is 5.22. The molecule has 1 N–H and O–H groups in total. The lowest BCUT2D eigenvalue weighted by Crippen LogP contribution is -2.47. The van der Waals surface area contributed by atoms with Gasteiger partial charge in [0.25, 0.3) is 0 Å². The second kappa shape index (κ2) is 5.85. The molecule has 0 atom stereocenters. The van der Waals surface area contributed by atoms with Crippen molar-refractivity contribution in [3.05, 3.63) is 35.9 Å². The number of nitrogens with one attached hydrogen (secondary N) is 1. The molecule has 1 aromatic carbocycles. The molecule has 0 aliphatic heterocycles. The van der Waals surface area contributed by atoms with Crippen LogP contribution in [0.25, 0.3) is 0 Å². The molecular weight excluding hydrogens is 222 g/mol. The summed E-state index contributed by atoms with van der Waals surface area (Å²) < 4.78 is 5.70. The van der Waals surface area contributed by atoms with Crippen LogP contribution in [0.1, 0.15) is 45.1 Å². The smallest absolute Gasteiger partial charge is 0.0750 e. The van der Waals surface area contributed by atoms with E-state index in [0.29, 0.717) is 6.04 Å². The minimum Gasteiger partial charge on any atom is -0.375 e. The van der Waals surface area contributed by atoms with Crippen molar-refractivity contribution < 1.29 is 4.74 Å². The quantitative estimate of drug-likeness (QED) is 0.832. The maximum Gasteiger partial charge on any atom is 0.0750 e. The highest BCUT2D eigenvalue weighted by Gasteiger charge is 2.31. The zero-order valence-electron chi connectivity index (χ0n) is 11.8. The predicted molar refractivity (Wildman–Crippen MR) is 75.9 cm³/mol. The average molecular weight is 247 g/mol. The van der Waals surface area contributed by atoms with E-state index in [4.69, 9.17) is 4.74 Å². The highest BCUT2D eigenvalue weighted by Crippen LogP contribution is 2.36. The molecule has 1 fully saturated rings. The largest absolute Gasteiger partial charge is 0.375 e. The maximum absolute atomic E-state index is 5.70. The number of ether oxygens (including phenoxy) is 1. The van der Waals surface area contributed by atoms with Crippen molar-refractivity contribution in [1.29, 1.82) is 0 Å². The van der Waals surface area contributed by atoms with Gasteiger partial charge in [-0.1, -0.05) is 30.3 Å². The molecule has 0 aromatic heterocycles. The Kier molecular flexibility index (Phi) is 4.41. The maximum atomic E-state index is 5.70. The van der Waals surface area contributed by atoms with Gasteiger partial charge in [0, 0.05) is 19.2 Å². The van der Waals surface area contributed by atoms with Crippen molar-refractivity contribution in [3.8, 4) is 0 Å². The minimum atomic E-state index is -0.0490. The first-order chi connectivity index (χ1) is 8.61. The molecule has 1 saturated carbocycles. The van der Waals surface area contributed by atoms with Crippen LogP contribution >= 0.6 is 0 Å². The molecule has 2 heteroatoms. The fourth-order valence-electron chi connectivity index (χ4n) is 2.61. The Hall–Kier alpha value is -0.860. The summed E-state index contributed by atoms with van der Waals surface area (Å²) in [5, 5.41) is 3.62. The van der Waals surface area contributed by atoms with Gasteiger partial charge in [-0.25, -0.2) is 0 Å². The van der Waals surface area contributed by atoms with Crippen LogP contribution in [0.5, 0.6) is 0 Å². The second-order valence-corrected chi connectivity index (χ2v) is 5.85. The first-order valence-electron chi connectivity index (χ1n) is 7.03. The first-order valence-corrected chi connectivity index (χ1v) is 7.03. The molecule has 18 heavy (non-hydrogen) atoms. The lowest BCUT2D eigenvalue weighted by molar-refractivity contribution is -0.0128. The van der Waals surface area contributed by atoms with E-state index in [0.717, 1.165) is 19.1 Å². The fraction of sp³-hybridized carbons (Fsp3) is 0.625. The van der Waals surface area contributed by atoms with Crippen LogP contribution in [0.4, 0.5) is 0 Å². The Labute approximate surface area is 111 Å². The van der Waals surface area contributed by atoms with Crippen LogP contribution in [0.2, 0.25) is 0 Å². The average Bonchev–Trinajstić information content (AvgIpc) is 2.28. The van der Waals surface area contributed by atoms with Crippen molar-refractivity contribution in [2.75, 3.05) is 13.2 Å². The minimum absolute atomic E-state index is 0.0490. The summed E-state index contributed by atoms with van der Waals surface area (Å²) in [6, 6.07) is 11.5. The third-order valence-electron chi connectivity index (χ3n) is 3.76. The normalized spacial score (nSPS) is 23.7. The van der Waals surface area contributed by atoms with Crippen LogP contribution in [-0.4, -0.2) is 24.8 Å². The van der Waals surface area contributed by atoms with E-state index >= 15 is 0 Å². The SMILES string of the molecule is CCOC(C)(C)CNC1CC(c2ccccc2)C1. The van der Waals surface area contributed by atoms with Crippen LogP contribution < -0.4 is 5.32 Å². The molecule has 0 amide bonds. The van der Waals surface area contributed by atoms with Crippen molar-refractivity contribution in [3.63, 3.8) is 0 Å².